The van der Waals surface area contributed by atoms with E-state index in [0.717, 1.165) is 50.2 Å². The minimum Gasteiger partial charge on any atom is -0.491 e. The highest BCUT2D eigenvalue weighted by Gasteiger charge is 2.21. The van der Waals surface area contributed by atoms with E-state index in [4.69, 9.17) is 4.74 Å². The molecule has 1 fully saturated rings. The van der Waals surface area contributed by atoms with E-state index < -0.39 is 0 Å². The largest absolute Gasteiger partial charge is 0.491 e. The molecule has 0 aliphatic carbocycles. The van der Waals surface area contributed by atoms with Gasteiger partial charge in [0.15, 0.2) is 0 Å². The van der Waals surface area contributed by atoms with Crippen LogP contribution in [-0.4, -0.2) is 25.6 Å². The molecule has 0 bridgehead atoms. The van der Waals surface area contributed by atoms with Gasteiger partial charge in [0.1, 0.15) is 5.75 Å². The first-order chi connectivity index (χ1) is 12.3. The Hall–Kier alpha value is -2.33. The molecule has 1 atom stereocenters. The molecule has 4 nitrogen and oxygen atoms in total. The highest BCUT2D eigenvalue weighted by atomic mass is 16.5. The lowest BCUT2D eigenvalue weighted by atomic mass is 9.99. The lowest BCUT2D eigenvalue weighted by Gasteiger charge is -2.22. The van der Waals surface area contributed by atoms with Crippen LogP contribution in [0.5, 0.6) is 5.75 Å². The third-order valence-corrected chi connectivity index (χ3v) is 4.52. The Morgan fingerprint density at radius 3 is 2.72 bits per heavy atom. The van der Waals surface area contributed by atoms with E-state index in [9.17, 15) is 4.79 Å². The third kappa shape index (κ3) is 5.33. The maximum atomic E-state index is 12.4. The number of carbonyl (C=O) groups is 1. The molecule has 2 aromatic carbocycles. The first-order valence-corrected chi connectivity index (χ1v) is 9.10. The second-order valence-electron chi connectivity index (χ2n) is 6.47. The van der Waals surface area contributed by atoms with Crippen LogP contribution < -0.4 is 15.4 Å². The molecule has 1 aliphatic heterocycles. The van der Waals surface area contributed by atoms with Gasteiger partial charge in [-0.3, -0.25) is 4.79 Å². The number of hydrogen-bond donors (Lipinski definition) is 2. The molecule has 1 aliphatic rings. The minimum absolute atomic E-state index is 0.0416. The summed E-state index contributed by atoms with van der Waals surface area (Å²) >= 11 is 0. The number of piperidine rings is 1. The molecule has 1 saturated heterocycles. The van der Waals surface area contributed by atoms with Crippen LogP contribution in [0.1, 0.15) is 24.8 Å². The molecule has 2 N–H and O–H groups in total. The van der Waals surface area contributed by atoms with Gasteiger partial charge in [-0.1, -0.05) is 42.5 Å². The van der Waals surface area contributed by atoms with Crippen molar-refractivity contribution in [3.8, 4) is 5.75 Å². The van der Waals surface area contributed by atoms with Crippen LogP contribution in [0.2, 0.25) is 0 Å². The second-order valence-corrected chi connectivity index (χ2v) is 6.47. The molecule has 1 unspecified atom stereocenters. The Labute approximate surface area is 149 Å². The van der Waals surface area contributed by atoms with Gasteiger partial charge in [-0.15, -0.1) is 0 Å². The van der Waals surface area contributed by atoms with Crippen molar-refractivity contribution in [1.29, 1.82) is 0 Å². The number of aryl methyl sites for hydroxylation is 1. The fourth-order valence-electron chi connectivity index (χ4n) is 3.11. The summed E-state index contributed by atoms with van der Waals surface area (Å²) in [6.45, 7) is 2.39. The summed E-state index contributed by atoms with van der Waals surface area (Å²) < 4.78 is 5.92. The molecule has 0 spiro atoms. The topological polar surface area (TPSA) is 50.4 Å². The number of ether oxygens (including phenoxy) is 1. The van der Waals surface area contributed by atoms with Crippen molar-refractivity contribution >= 4 is 11.6 Å². The maximum Gasteiger partial charge on any atom is 0.228 e. The van der Waals surface area contributed by atoms with Crippen molar-refractivity contribution in [2.24, 2.45) is 5.92 Å². The van der Waals surface area contributed by atoms with Gasteiger partial charge >= 0.3 is 0 Å². The average molecular weight is 338 g/mol. The number of carbonyl (C=O) groups excluding carboxylic acids is 1. The number of hydrogen-bond acceptors (Lipinski definition) is 3. The van der Waals surface area contributed by atoms with Crippen LogP contribution in [-0.2, 0) is 11.2 Å². The monoisotopic (exact) mass is 338 g/mol. The molecule has 1 amide bonds. The van der Waals surface area contributed by atoms with E-state index in [2.05, 4.69) is 34.9 Å². The van der Waals surface area contributed by atoms with Crippen LogP contribution in [0.4, 0.5) is 5.69 Å². The number of benzene rings is 2. The fraction of sp³-hybridized carbons (Fsp3) is 0.381. The maximum absolute atomic E-state index is 12.4. The Balaban J connectivity index is 1.50. The van der Waals surface area contributed by atoms with Crippen molar-refractivity contribution in [3.63, 3.8) is 0 Å². The van der Waals surface area contributed by atoms with E-state index in [1.54, 1.807) is 0 Å². The molecule has 4 heteroatoms. The average Bonchev–Trinajstić information content (AvgIpc) is 2.68. The van der Waals surface area contributed by atoms with Crippen molar-refractivity contribution in [3.05, 3.63) is 60.2 Å². The van der Waals surface area contributed by atoms with Gasteiger partial charge in [-0.25, -0.2) is 0 Å². The zero-order valence-electron chi connectivity index (χ0n) is 14.5. The third-order valence-electron chi connectivity index (χ3n) is 4.52. The lowest BCUT2D eigenvalue weighted by Crippen LogP contribution is -2.37. The van der Waals surface area contributed by atoms with Crippen molar-refractivity contribution in [2.75, 3.05) is 25.0 Å². The summed E-state index contributed by atoms with van der Waals surface area (Å²) in [5.74, 6) is 0.861. The summed E-state index contributed by atoms with van der Waals surface area (Å²) in [6.07, 6.45) is 3.93. The SMILES string of the molecule is O=C(Nc1ccccc1OCCCc1ccccc1)C1CCCNC1. The van der Waals surface area contributed by atoms with Gasteiger partial charge < -0.3 is 15.4 Å². The molecule has 0 radical (unpaired) electrons. The van der Waals surface area contributed by atoms with E-state index in [0.29, 0.717) is 6.61 Å². The van der Waals surface area contributed by atoms with Gasteiger partial charge in [-0.2, -0.15) is 0 Å². The van der Waals surface area contributed by atoms with E-state index >= 15 is 0 Å². The smallest absolute Gasteiger partial charge is 0.228 e. The highest BCUT2D eigenvalue weighted by molar-refractivity contribution is 5.94. The Morgan fingerprint density at radius 1 is 1.12 bits per heavy atom. The van der Waals surface area contributed by atoms with Crippen LogP contribution in [0.3, 0.4) is 0 Å². The summed E-state index contributed by atoms with van der Waals surface area (Å²) in [6, 6.07) is 18.1. The molecule has 1 heterocycles. The van der Waals surface area contributed by atoms with Gasteiger partial charge in [0.2, 0.25) is 5.91 Å². The molecule has 25 heavy (non-hydrogen) atoms. The predicted molar refractivity (Wildman–Crippen MR) is 101 cm³/mol. The number of amides is 1. The summed E-state index contributed by atoms with van der Waals surface area (Å²) in [4.78, 5) is 12.4. The number of rotatable bonds is 7. The van der Waals surface area contributed by atoms with E-state index in [-0.39, 0.29) is 11.8 Å². The first-order valence-electron chi connectivity index (χ1n) is 9.10. The summed E-state index contributed by atoms with van der Waals surface area (Å²) in [5, 5.41) is 6.32. The molecule has 132 valence electrons. The molecular weight excluding hydrogens is 312 g/mol. The Bertz CT molecular complexity index is 667. The van der Waals surface area contributed by atoms with Gasteiger partial charge in [0.05, 0.1) is 18.2 Å². The first kappa shape index (κ1) is 17.5. The Morgan fingerprint density at radius 2 is 1.92 bits per heavy atom. The van der Waals surface area contributed by atoms with Gasteiger partial charge in [0, 0.05) is 6.54 Å². The molecule has 0 saturated carbocycles. The van der Waals surface area contributed by atoms with Crippen LogP contribution >= 0.6 is 0 Å². The Kier molecular flexibility index (Phi) is 6.46. The minimum atomic E-state index is 0.0416. The van der Waals surface area contributed by atoms with E-state index in [1.807, 2.05) is 30.3 Å². The summed E-state index contributed by atoms with van der Waals surface area (Å²) in [5.41, 5.74) is 2.08. The highest BCUT2D eigenvalue weighted by Crippen LogP contribution is 2.25. The fourth-order valence-corrected chi connectivity index (χ4v) is 3.11. The second kappa shape index (κ2) is 9.23. The summed E-state index contributed by atoms with van der Waals surface area (Å²) in [7, 11) is 0. The van der Waals surface area contributed by atoms with E-state index in [1.165, 1.54) is 5.56 Å². The number of anilines is 1. The van der Waals surface area contributed by atoms with Gasteiger partial charge in [0.25, 0.3) is 0 Å². The van der Waals surface area contributed by atoms with Crippen molar-refractivity contribution < 1.29 is 9.53 Å². The molecule has 2 aromatic rings. The van der Waals surface area contributed by atoms with Crippen LogP contribution in [0.15, 0.2) is 54.6 Å². The zero-order valence-corrected chi connectivity index (χ0v) is 14.5. The standard InChI is InChI=1S/C21H26N2O2/c24-21(18-11-6-14-22-16-18)23-19-12-4-5-13-20(19)25-15-7-10-17-8-2-1-3-9-17/h1-5,8-9,12-13,18,22H,6-7,10-11,14-16H2,(H,23,24). The lowest BCUT2D eigenvalue weighted by molar-refractivity contribution is -0.120. The normalized spacial score (nSPS) is 17.0. The van der Waals surface area contributed by atoms with Gasteiger partial charge in [-0.05, 0) is 49.9 Å². The number of para-hydroxylation sites is 2. The quantitative estimate of drug-likeness (QED) is 0.758. The molecule has 0 aromatic heterocycles. The van der Waals surface area contributed by atoms with Crippen molar-refractivity contribution in [2.45, 2.75) is 25.7 Å². The molecular formula is C21H26N2O2. The number of nitrogens with one attached hydrogen (secondary N) is 2. The zero-order chi connectivity index (χ0) is 17.3. The van der Waals surface area contributed by atoms with Crippen molar-refractivity contribution in [1.82, 2.24) is 5.32 Å². The van der Waals surface area contributed by atoms with Crippen LogP contribution in [0.25, 0.3) is 0 Å². The molecule has 3 rings (SSSR count). The predicted octanol–water partition coefficient (Wildman–Crippen LogP) is 3.64. The van der Waals surface area contributed by atoms with Crippen LogP contribution in [0, 0.1) is 5.92 Å².